The maximum absolute atomic E-state index is 12.7. The summed E-state index contributed by atoms with van der Waals surface area (Å²) in [5, 5.41) is 3.79. The van der Waals surface area contributed by atoms with E-state index in [-0.39, 0.29) is 24.3 Å². The zero-order valence-electron chi connectivity index (χ0n) is 17.1. The summed E-state index contributed by atoms with van der Waals surface area (Å²) in [4.78, 5) is 37.0. The Hall–Kier alpha value is -3.61. The van der Waals surface area contributed by atoms with Crippen molar-refractivity contribution in [3.63, 3.8) is 0 Å². The number of nitrogens with zero attached hydrogens (tertiary/aromatic N) is 2. The monoisotopic (exact) mass is 405 g/mol. The number of para-hydroxylation sites is 3. The molecule has 1 atom stereocenters. The topological polar surface area (TPSA) is 86.2 Å². The van der Waals surface area contributed by atoms with E-state index in [4.69, 9.17) is 4.42 Å². The summed E-state index contributed by atoms with van der Waals surface area (Å²) in [6.07, 6.45) is 0. The molecule has 4 rings (SSSR count). The summed E-state index contributed by atoms with van der Waals surface area (Å²) < 4.78 is 8.62. The number of amides is 1. The first kappa shape index (κ1) is 19.7. The molecule has 0 aliphatic carbocycles. The minimum absolute atomic E-state index is 0.0255. The Morgan fingerprint density at radius 3 is 2.43 bits per heavy atom. The van der Waals surface area contributed by atoms with Crippen molar-refractivity contribution in [3.8, 4) is 0 Å². The second-order valence-corrected chi connectivity index (χ2v) is 7.53. The predicted molar refractivity (Wildman–Crippen MR) is 115 cm³/mol. The van der Waals surface area contributed by atoms with Crippen molar-refractivity contribution < 1.29 is 14.0 Å². The molecule has 0 spiro atoms. The van der Waals surface area contributed by atoms with Gasteiger partial charge in [0.1, 0.15) is 6.54 Å². The quantitative estimate of drug-likeness (QED) is 0.499. The highest BCUT2D eigenvalue weighted by Gasteiger charge is 2.19. The number of hydrogen-bond acceptors (Lipinski definition) is 4. The van der Waals surface area contributed by atoms with Crippen molar-refractivity contribution in [2.75, 3.05) is 0 Å². The Morgan fingerprint density at radius 1 is 1.03 bits per heavy atom. The largest absolute Gasteiger partial charge is 0.420 e. The first-order chi connectivity index (χ1) is 14.4. The molecule has 1 amide bonds. The molecule has 2 aromatic heterocycles. The van der Waals surface area contributed by atoms with Crippen molar-refractivity contribution in [1.29, 1.82) is 0 Å². The third-order valence-corrected chi connectivity index (χ3v) is 5.32. The summed E-state index contributed by atoms with van der Waals surface area (Å²) in [5.74, 6) is -0.666. The third kappa shape index (κ3) is 3.43. The van der Waals surface area contributed by atoms with Gasteiger partial charge in [0.25, 0.3) is 0 Å². The second kappa shape index (κ2) is 7.67. The molecular formula is C23H23N3O4. The van der Waals surface area contributed by atoms with Crippen LogP contribution in [0, 0.1) is 6.92 Å². The number of nitrogens with one attached hydrogen (secondary N) is 1. The van der Waals surface area contributed by atoms with Crippen LogP contribution in [0.1, 0.15) is 29.9 Å². The van der Waals surface area contributed by atoms with E-state index in [1.807, 2.05) is 54.8 Å². The van der Waals surface area contributed by atoms with Gasteiger partial charge in [0.2, 0.25) is 5.91 Å². The average molecular weight is 405 g/mol. The highest BCUT2D eigenvalue weighted by atomic mass is 16.4. The fourth-order valence-electron chi connectivity index (χ4n) is 4.05. The number of hydrogen-bond donors (Lipinski definition) is 1. The van der Waals surface area contributed by atoms with Gasteiger partial charge < -0.3 is 14.3 Å². The Morgan fingerprint density at radius 2 is 1.70 bits per heavy atom. The van der Waals surface area contributed by atoms with E-state index in [1.54, 1.807) is 12.1 Å². The van der Waals surface area contributed by atoms with E-state index in [2.05, 4.69) is 5.32 Å². The van der Waals surface area contributed by atoms with Crippen molar-refractivity contribution >= 4 is 33.7 Å². The van der Waals surface area contributed by atoms with Crippen LogP contribution < -0.4 is 11.1 Å². The molecule has 7 nitrogen and oxygen atoms in total. The standard InChI is InChI=1S/C23H23N3O4/c1-14(12-26-19-10-6-7-11-20(19)30-23(26)29)24-21(28)13-25-15(2)22(16(3)27)17-8-4-5-9-18(17)25/h4-11,14H,12-13H2,1-3H3,(H,24,28)/t14-/m1/s1. The number of aromatic nitrogens is 2. The maximum atomic E-state index is 12.7. The van der Waals surface area contributed by atoms with Crippen LogP contribution >= 0.6 is 0 Å². The Kier molecular flexibility index (Phi) is 5.03. The summed E-state index contributed by atoms with van der Waals surface area (Å²) in [7, 11) is 0. The fourth-order valence-corrected chi connectivity index (χ4v) is 4.05. The lowest BCUT2D eigenvalue weighted by Crippen LogP contribution is -2.39. The van der Waals surface area contributed by atoms with E-state index in [9.17, 15) is 14.4 Å². The molecule has 0 radical (unpaired) electrons. The van der Waals surface area contributed by atoms with Crippen LogP contribution in [-0.2, 0) is 17.9 Å². The molecule has 0 unspecified atom stereocenters. The van der Waals surface area contributed by atoms with Crippen molar-refractivity contribution in [3.05, 3.63) is 70.3 Å². The van der Waals surface area contributed by atoms with Gasteiger partial charge in [0, 0.05) is 34.7 Å². The number of carbonyl (C=O) groups is 2. The van der Waals surface area contributed by atoms with Crippen LogP contribution in [0.3, 0.4) is 0 Å². The minimum Gasteiger partial charge on any atom is -0.408 e. The van der Waals surface area contributed by atoms with Gasteiger partial charge in [0.15, 0.2) is 11.4 Å². The number of ketones is 1. The van der Waals surface area contributed by atoms with Gasteiger partial charge >= 0.3 is 5.76 Å². The Bertz CT molecular complexity index is 1330. The predicted octanol–water partition coefficient (Wildman–Crippen LogP) is 3.27. The second-order valence-electron chi connectivity index (χ2n) is 7.53. The molecule has 2 heterocycles. The first-order valence-electron chi connectivity index (χ1n) is 9.83. The van der Waals surface area contributed by atoms with Crippen molar-refractivity contribution in [2.24, 2.45) is 0 Å². The highest BCUT2D eigenvalue weighted by molar-refractivity contribution is 6.08. The van der Waals surface area contributed by atoms with Crippen LogP contribution in [0.2, 0.25) is 0 Å². The molecule has 0 aliphatic rings. The molecule has 154 valence electrons. The molecule has 0 fully saturated rings. The van der Waals surface area contributed by atoms with Crippen molar-refractivity contribution in [1.82, 2.24) is 14.5 Å². The smallest absolute Gasteiger partial charge is 0.408 e. The molecule has 4 aromatic rings. The molecule has 0 aliphatic heterocycles. The van der Waals surface area contributed by atoms with E-state index in [1.165, 1.54) is 11.5 Å². The van der Waals surface area contributed by atoms with Gasteiger partial charge in [-0.15, -0.1) is 0 Å². The molecule has 0 saturated carbocycles. The van der Waals surface area contributed by atoms with Gasteiger partial charge in [-0.2, -0.15) is 0 Å². The van der Waals surface area contributed by atoms with Gasteiger partial charge in [-0.25, -0.2) is 4.79 Å². The normalized spacial score (nSPS) is 12.4. The Balaban J connectivity index is 1.54. The van der Waals surface area contributed by atoms with Gasteiger partial charge in [0.05, 0.1) is 5.52 Å². The van der Waals surface area contributed by atoms with Crippen LogP contribution in [0.25, 0.3) is 22.0 Å². The van der Waals surface area contributed by atoms with E-state index in [0.29, 0.717) is 23.2 Å². The SMILES string of the molecule is CC(=O)c1c(C)n(CC(=O)N[C@H](C)Cn2c(=O)oc3ccccc32)c2ccccc12. The summed E-state index contributed by atoms with van der Waals surface area (Å²) in [6.45, 7) is 5.61. The summed E-state index contributed by atoms with van der Waals surface area (Å²) >= 11 is 0. The van der Waals surface area contributed by atoms with Crippen LogP contribution in [0.4, 0.5) is 0 Å². The zero-order chi connectivity index (χ0) is 21.4. The average Bonchev–Trinajstić information content (AvgIpc) is 3.16. The molecule has 30 heavy (non-hydrogen) atoms. The van der Waals surface area contributed by atoms with E-state index in [0.717, 1.165) is 16.6 Å². The number of Topliss-reactive ketones (excluding diaryl/α,β-unsaturated/α-hetero) is 1. The van der Waals surface area contributed by atoms with Gasteiger partial charge in [-0.3, -0.25) is 14.2 Å². The zero-order valence-corrected chi connectivity index (χ0v) is 17.1. The van der Waals surface area contributed by atoms with Crippen LogP contribution in [0.15, 0.2) is 57.7 Å². The van der Waals surface area contributed by atoms with Crippen molar-refractivity contribution in [2.45, 2.75) is 39.9 Å². The van der Waals surface area contributed by atoms with Crippen LogP contribution in [-0.4, -0.2) is 26.9 Å². The first-order valence-corrected chi connectivity index (χ1v) is 9.83. The summed E-state index contributed by atoms with van der Waals surface area (Å²) in [6, 6.07) is 14.5. The summed E-state index contributed by atoms with van der Waals surface area (Å²) in [5.41, 5.74) is 3.47. The lowest BCUT2D eigenvalue weighted by molar-refractivity contribution is -0.122. The van der Waals surface area contributed by atoms with E-state index >= 15 is 0 Å². The highest BCUT2D eigenvalue weighted by Crippen LogP contribution is 2.26. The van der Waals surface area contributed by atoms with Crippen LogP contribution in [0.5, 0.6) is 0 Å². The lowest BCUT2D eigenvalue weighted by Gasteiger charge is -2.16. The lowest BCUT2D eigenvalue weighted by atomic mass is 10.1. The third-order valence-electron chi connectivity index (χ3n) is 5.32. The molecule has 0 bridgehead atoms. The number of benzene rings is 2. The van der Waals surface area contributed by atoms with Gasteiger partial charge in [-0.05, 0) is 39.0 Å². The van der Waals surface area contributed by atoms with Gasteiger partial charge in [-0.1, -0.05) is 30.3 Å². The number of carbonyl (C=O) groups excluding carboxylic acids is 2. The number of oxazole rings is 1. The minimum atomic E-state index is -0.448. The molecule has 1 N–H and O–H groups in total. The molecule has 7 heteroatoms. The van der Waals surface area contributed by atoms with E-state index < -0.39 is 5.76 Å². The molecule has 0 saturated heterocycles. The fraction of sp³-hybridized carbons (Fsp3) is 0.261. The Labute approximate surface area is 172 Å². The number of rotatable bonds is 6. The number of fused-ring (bicyclic) bond motifs is 2. The maximum Gasteiger partial charge on any atom is 0.420 e. The molecule has 2 aromatic carbocycles. The molecular weight excluding hydrogens is 382 g/mol.